The zero-order valence-corrected chi connectivity index (χ0v) is 14.5. The van der Waals surface area contributed by atoms with Crippen molar-refractivity contribution in [3.63, 3.8) is 0 Å². The van der Waals surface area contributed by atoms with Crippen molar-refractivity contribution in [3.8, 4) is 0 Å². The lowest BCUT2D eigenvalue weighted by molar-refractivity contribution is 0.0933. The maximum Gasteiger partial charge on any atom is 0.264 e. The first-order valence-corrected chi connectivity index (χ1v) is 8.93. The first kappa shape index (κ1) is 17.0. The van der Waals surface area contributed by atoms with Crippen LogP contribution in [-0.4, -0.2) is 40.0 Å². The van der Waals surface area contributed by atoms with Crippen LogP contribution in [0.25, 0.3) is 0 Å². The van der Waals surface area contributed by atoms with Crippen molar-refractivity contribution in [3.05, 3.63) is 46.2 Å². The summed E-state index contributed by atoms with van der Waals surface area (Å²) in [5, 5.41) is 6.85. The van der Waals surface area contributed by atoms with E-state index in [0.717, 1.165) is 43.0 Å². The number of nitrogens with one attached hydrogen (secondary N) is 1. The molecule has 7 heteroatoms. The molecule has 1 aromatic carbocycles. The Morgan fingerprint density at radius 3 is 3.04 bits per heavy atom. The summed E-state index contributed by atoms with van der Waals surface area (Å²) >= 11 is 1.12. The number of halogens is 1. The Labute approximate surface area is 145 Å². The highest BCUT2D eigenvalue weighted by atomic mass is 32.1. The lowest BCUT2D eigenvalue weighted by Gasteiger charge is -2.32. The van der Waals surface area contributed by atoms with Crippen molar-refractivity contribution in [1.29, 1.82) is 0 Å². The van der Waals surface area contributed by atoms with Gasteiger partial charge in [0.2, 0.25) is 0 Å². The third-order valence-electron chi connectivity index (χ3n) is 4.36. The van der Waals surface area contributed by atoms with Gasteiger partial charge in [0, 0.05) is 25.2 Å². The molecule has 1 aliphatic heterocycles. The van der Waals surface area contributed by atoms with Crippen LogP contribution in [0.2, 0.25) is 0 Å². The number of hydrogen-bond donors (Lipinski definition) is 1. The monoisotopic (exact) mass is 348 g/mol. The molecule has 2 heterocycles. The van der Waals surface area contributed by atoms with Crippen LogP contribution in [0, 0.1) is 18.7 Å². The molecule has 5 nitrogen and oxygen atoms in total. The first-order valence-electron chi connectivity index (χ1n) is 8.16. The molecule has 1 aliphatic rings. The maximum absolute atomic E-state index is 13.8. The normalized spacial score (nSPS) is 18.5. The van der Waals surface area contributed by atoms with Crippen molar-refractivity contribution < 1.29 is 9.18 Å². The van der Waals surface area contributed by atoms with Gasteiger partial charge in [0.05, 0.1) is 5.69 Å². The molecule has 2 aromatic rings. The van der Waals surface area contributed by atoms with Gasteiger partial charge in [-0.2, -0.15) is 0 Å². The average Bonchev–Trinajstić information content (AvgIpc) is 3.01. The van der Waals surface area contributed by atoms with Crippen LogP contribution in [0.4, 0.5) is 4.39 Å². The van der Waals surface area contributed by atoms with Gasteiger partial charge in [-0.3, -0.25) is 9.69 Å². The molecule has 1 unspecified atom stereocenters. The van der Waals surface area contributed by atoms with Crippen molar-refractivity contribution in [2.45, 2.75) is 26.3 Å². The number of amides is 1. The molecular weight excluding hydrogens is 327 g/mol. The Morgan fingerprint density at radius 1 is 1.46 bits per heavy atom. The standard InChI is InChI=1S/C17H21FN4OS/c1-12-16(24-21-20-12)17(23)19-9-13-5-4-8-22(10-13)11-14-6-2-3-7-15(14)18/h2-3,6-7,13H,4-5,8-11H2,1H3,(H,19,23). The van der Waals surface area contributed by atoms with E-state index in [1.807, 2.05) is 12.1 Å². The van der Waals surface area contributed by atoms with Crippen LogP contribution < -0.4 is 5.32 Å². The van der Waals surface area contributed by atoms with Gasteiger partial charge in [-0.25, -0.2) is 4.39 Å². The molecule has 0 spiro atoms. The summed E-state index contributed by atoms with van der Waals surface area (Å²) in [5.74, 6) is 0.130. The van der Waals surface area contributed by atoms with Crippen molar-refractivity contribution in [2.24, 2.45) is 5.92 Å². The zero-order valence-electron chi connectivity index (χ0n) is 13.7. The molecule has 1 amide bonds. The molecule has 3 rings (SSSR count). The number of benzene rings is 1. The van der Waals surface area contributed by atoms with Crippen molar-refractivity contribution in [2.75, 3.05) is 19.6 Å². The second-order valence-electron chi connectivity index (χ2n) is 6.23. The third-order valence-corrected chi connectivity index (χ3v) is 5.19. The molecule has 0 bridgehead atoms. The fourth-order valence-electron chi connectivity index (χ4n) is 3.09. The summed E-state index contributed by atoms with van der Waals surface area (Å²) in [6.45, 7) is 4.87. The van der Waals surface area contributed by atoms with Crippen LogP contribution in [-0.2, 0) is 6.54 Å². The smallest absolute Gasteiger partial charge is 0.264 e. The number of nitrogens with zero attached hydrogens (tertiary/aromatic N) is 3. The highest BCUT2D eigenvalue weighted by Crippen LogP contribution is 2.19. The summed E-state index contributed by atoms with van der Waals surface area (Å²) in [7, 11) is 0. The molecule has 1 atom stereocenters. The van der Waals surface area contributed by atoms with E-state index in [-0.39, 0.29) is 11.7 Å². The number of rotatable bonds is 5. The van der Waals surface area contributed by atoms with Gasteiger partial charge < -0.3 is 5.32 Å². The molecule has 1 aromatic heterocycles. The molecule has 1 N–H and O–H groups in total. The van der Waals surface area contributed by atoms with E-state index < -0.39 is 0 Å². The molecular formula is C17H21FN4OS. The summed E-state index contributed by atoms with van der Waals surface area (Å²) < 4.78 is 17.6. The lowest BCUT2D eigenvalue weighted by atomic mass is 9.97. The number of likely N-dealkylation sites (tertiary alicyclic amines) is 1. The van der Waals surface area contributed by atoms with E-state index >= 15 is 0 Å². The molecule has 1 fully saturated rings. The second-order valence-corrected chi connectivity index (χ2v) is 6.99. The number of aryl methyl sites for hydroxylation is 1. The highest BCUT2D eigenvalue weighted by Gasteiger charge is 2.22. The second kappa shape index (κ2) is 7.81. The fourth-order valence-corrected chi connectivity index (χ4v) is 3.66. The zero-order chi connectivity index (χ0) is 16.9. The minimum atomic E-state index is -0.152. The minimum Gasteiger partial charge on any atom is -0.351 e. The topological polar surface area (TPSA) is 58.1 Å². The van der Waals surface area contributed by atoms with E-state index in [4.69, 9.17) is 0 Å². The predicted molar refractivity (Wildman–Crippen MR) is 91.4 cm³/mol. The van der Waals surface area contributed by atoms with Crippen LogP contribution >= 0.6 is 11.5 Å². The fraction of sp³-hybridized carbons (Fsp3) is 0.471. The largest absolute Gasteiger partial charge is 0.351 e. The van der Waals surface area contributed by atoms with E-state index in [9.17, 15) is 9.18 Å². The van der Waals surface area contributed by atoms with E-state index in [1.54, 1.807) is 13.0 Å². The van der Waals surface area contributed by atoms with E-state index in [1.165, 1.54) is 6.07 Å². The molecule has 0 radical (unpaired) electrons. The molecule has 1 saturated heterocycles. The van der Waals surface area contributed by atoms with Crippen LogP contribution in [0.3, 0.4) is 0 Å². The quantitative estimate of drug-likeness (QED) is 0.902. The molecule has 0 aliphatic carbocycles. The third kappa shape index (κ3) is 4.15. The Balaban J connectivity index is 1.51. The Morgan fingerprint density at radius 2 is 2.29 bits per heavy atom. The lowest BCUT2D eigenvalue weighted by Crippen LogP contribution is -2.40. The molecule has 128 valence electrons. The Bertz CT molecular complexity index is 705. The summed E-state index contributed by atoms with van der Waals surface area (Å²) in [4.78, 5) is 15.0. The number of carbonyl (C=O) groups is 1. The van der Waals surface area contributed by atoms with Crippen LogP contribution in [0.15, 0.2) is 24.3 Å². The van der Waals surface area contributed by atoms with Gasteiger partial charge in [-0.1, -0.05) is 22.7 Å². The number of hydrogen-bond acceptors (Lipinski definition) is 5. The average molecular weight is 348 g/mol. The number of piperidine rings is 1. The predicted octanol–water partition coefficient (Wildman–Crippen LogP) is 2.63. The summed E-state index contributed by atoms with van der Waals surface area (Å²) in [6.07, 6.45) is 2.14. The van der Waals surface area contributed by atoms with Crippen molar-refractivity contribution >= 4 is 17.4 Å². The minimum absolute atomic E-state index is 0.103. The maximum atomic E-state index is 13.8. The summed E-state index contributed by atoms with van der Waals surface area (Å²) in [5.41, 5.74) is 1.40. The van der Waals surface area contributed by atoms with Crippen LogP contribution in [0.5, 0.6) is 0 Å². The highest BCUT2D eigenvalue weighted by molar-refractivity contribution is 7.07. The van der Waals surface area contributed by atoms with Gasteiger partial charge in [-0.15, -0.1) is 5.10 Å². The summed E-state index contributed by atoms with van der Waals surface area (Å²) in [6, 6.07) is 6.91. The molecule has 0 saturated carbocycles. The Hall–Kier alpha value is -1.86. The molecule has 24 heavy (non-hydrogen) atoms. The van der Waals surface area contributed by atoms with Gasteiger partial charge in [0.15, 0.2) is 0 Å². The van der Waals surface area contributed by atoms with E-state index in [0.29, 0.717) is 29.6 Å². The van der Waals surface area contributed by atoms with Gasteiger partial charge >= 0.3 is 0 Å². The first-order chi connectivity index (χ1) is 11.6. The Kier molecular flexibility index (Phi) is 5.52. The van der Waals surface area contributed by atoms with Gasteiger partial charge in [-0.05, 0) is 49.8 Å². The van der Waals surface area contributed by atoms with E-state index in [2.05, 4.69) is 19.8 Å². The number of carbonyl (C=O) groups excluding carboxylic acids is 1. The van der Waals surface area contributed by atoms with Crippen LogP contribution in [0.1, 0.15) is 33.8 Å². The van der Waals surface area contributed by atoms with Gasteiger partial charge in [0.1, 0.15) is 10.7 Å². The SMILES string of the molecule is Cc1nnsc1C(=O)NCC1CCCN(Cc2ccccc2F)C1. The number of aromatic nitrogens is 2. The van der Waals surface area contributed by atoms with Gasteiger partial charge in [0.25, 0.3) is 5.91 Å². The van der Waals surface area contributed by atoms with Crippen molar-refractivity contribution in [1.82, 2.24) is 19.8 Å².